The van der Waals surface area contributed by atoms with E-state index in [4.69, 9.17) is 17.2 Å². The Kier molecular flexibility index (Phi) is 22.6. The molecular weight excluding hydrogens is 851 g/mol. The van der Waals surface area contributed by atoms with Crippen molar-refractivity contribution >= 4 is 88.6 Å². The number of hydrogen-bond acceptors (Lipinski definition) is 13. The van der Waals surface area contributed by atoms with Gasteiger partial charge in [0.15, 0.2) is 5.96 Å². The van der Waals surface area contributed by atoms with E-state index >= 15 is 0 Å². The van der Waals surface area contributed by atoms with Crippen molar-refractivity contribution in [2.24, 2.45) is 28.1 Å². The Morgan fingerprint density at radius 2 is 1.39 bits per heavy atom. The average molecular weight is 910 g/mol. The number of guanidine groups is 1. The van der Waals surface area contributed by atoms with Gasteiger partial charge in [0.25, 0.3) is 0 Å². The maximum Gasteiger partial charge on any atom is 0.327 e. The molecule has 1 heterocycles. The summed E-state index contributed by atoms with van der Waals surface area (Å²) in [6, 6.07) is -2.74. The number of aliphatic hydroxyl groups excluding tert-OH is 1. The van der Waals surface area contributed by atoms with Crippen LogP contribution in [0.3, 0.4) is 0 Å². The molecule has 0 radical (unpaired) electrons. The maximum absolute atomic E-state index is 13.9. The number of benzene rings is 1. The summed E-state index contributed by atoms with van der Waals surface area (Å²) in [4.78, 5) is 111. The van der Waals surface area contributed by atoms with Crippen LogP contribution >= 0.6 is 24.4 Å². The first kappa shape index (κ1) is 52.5. The second kappa shape index (κ2) is 26.7. The van der Waals surface area contributed by atoms with Crippen molar-refractivity contribution in [1.82, 2.24) is 36.9 Å². The van der Waals surface area contributed by atoms with Gasteiger partial charge in [0, 0.05) is 35.8 Å². The number of nitrogens with two attached hydrogens (primary N) is 3. The van der Waals surface area contributed by atoms with Crippen LogP contribution in [0.4, 0.5) is 0 Å². The van der Waals surface area contributed by atoms with E-state index in [2.05, 4.69) is 54.5 Å². The Balaban J connectivity index is 2.31. The van der Waals surface area contributed by atoms with E-state index in [1.807, 2.05) is 18.2 Å². The lowest BCUT2D eigenvalue weighted by Gasteiger charge is -2.29. The predicted molar refractivity (Wildman–Crippen MR) is 235 cm³/mol. The van der Waals surface area contributed by atoms with Crippen molar-refractivity contribution in [3.63, 3.8) is 0 Å². The summed E-state index contributed by atoms with van der Waals surface area (Å²) in [7, 11) is 0. The number of amides is 6. The van der Waals surface area contributed by atoms with E-state index in [-0.39, 0.29) is 43.9 Å². The molecule has 0 aliphatic rings. The van der Waals surface area contributed by atoms with Gasteiger partial charge in [0.05, 0.1) is 19.1 Å². The van der Waals surface area contributed by atoms with Gasteiger partial charge < -0.3 is 69.4 Å². The van der Waals surface area contributed by atoms with Crippen LogP contribution in [0.2, 0.25) is 0 Å². The standard InChI is InChI=1S/C38H59N11O11S2/c1-4-19(2)30(36(58)46-26(15-29(51)52)34(56)44-24(11-13-62-3)32(54)48-28(18-61)37(59)60)49-35(57)27(17-50)47-33(55)25(14-20-16-43-23-10-6-5-8-21(20)23)45-31(53)22(39)9-7-12-42-38(40)41/h5-6,8,10,16,19,22,24-28,30,43,50,61H,4,7,9,11-15,17-18,39H2,1-3H3,(H,44,56)(H,45,53)(H,46,58)(H,47,55)(H,48,54)(H,49,57)(H,51,52)(H,59,60)(H4,40,41,42)/t19-,22-,24-,25-,26-,27-,28-,30-/m0/s1. The Morgan fingerprint density at radius 3 is 1.98 bits per heavy atom. The van der Waals surface area contributed by atoms with E-state index in [1.165, 1.54) is 11.8 Å². The molecule has 1 aromatic heterocycles. The first-order chi connectivity index (χ1) is 29.4. The van der Waals surface area contributed by atoms with Gasteiger partial charge >= 0.3 is 11.9 Å². The lowest BCUT2D eigenvalue weighted by molar-refractivity contribution is -0.143. The molecule has 16 N–H and O–H groups in total. The zero-order chi connectivity index (χ0) is 46.5. The zero-order valence-electron chi connectivity index (χ0n) is 34.7. The highest BCUT2D eigenvalue weighted by atomic mass is 32.2. The molecule has 344 valence electrons. The molecule has 0 unspecified atom stereocenters. The minimum Gasteiger partial charge on any atom is -0.481 e. The summed E-state index contributed by atoms with van der Waals surface area (Å²) >= 11 is 5.25. The number of fused-ring (bicyclic) bond motifs is 1. The van der Waals surface area contributed by atoms with Crippen LogP contribution in [0.25, 0.3) is 10.9 Å². The van der Waals surface area contributed by atoms with Gasteiger partial charge in [-0.1, -0.05) is 38.5 Å². The number of H-pyrrole nitrogens is 1. The minimum absolute atomic E-state index is 0.0189. The van der Waals surface area contributed by atoms with Crippen LogP contribution in [0.15, 0.2) is 35.5 Å². The number of carboxylic acid groups (broad SMARTS) is 2. The molecule has 0 saturated heterocycles. The fraction of sp³-hybridized carbons (Fsp3) is 0.553. The number of thiol groups is 1. The van der Waals surface area contributed by atoms with Gasteiger partial charge in [0.1, 0.15) is 36.3 Å². The summed E-state index contributed by atoms with van der Waals surface area (Å²) in [6.07, 6.45) is 3.20. The summed E-state index contributed by atoms with van der Waals surface area (Å²) < 4.78 is 0. The average Bonchev–Trinajstić information content (AvgIpc) is 3.64. The number of carbonyl (C=O) groups is 8. The number of carboxylic acids is 2. The van der Waals surface area contributed by atoms with Crippen LogP contribution in [0, 0.1) is 5.92 Å². The third-order valence-corrected chi connectivity index (χ3v) is 10.7. The topological polar surface area (TPSA) is 376 Å². The predicted octanol–water partition coefficient (Wildman–Crippen LogP) is -2.72. The van der Waals surface area contributed by atoms with Gasteiger partial charge in [0.2, 0.25) is 35.4 Å². The van der Waals surface area contributed by atoms with Crippen LogP contribution in [-0.4, -0.2) is 147 Å². The van der Waals surface area contributed by atoms with Crippen molar-refractivity contribution in [2.45, 2.75) is 94.7 Å². The number of carbonyl (C=O) groups excluding carboxylic acids is 6. The number of aromatic nitrogens is 1. The van der Waals surface area contributed by atoms with Crippen molar-refractivity contribution in [2.75, 3.05) is 30.9 Å². The van der Waals surface area contributed by atoms with Crippen molar-refractivity contribution in [3.8, 4) is 0 Å². The number of thioether (sulfide) groups is 1. The van der Waals surface area contributed by atoms with E-state index in [1.54, 1.807) is 32.4 Å². The Morgan fingerprint density at radius 1 is 0.806 bits per heavy atom. The smallest absolute Gasteiger partial charge is 0.327 e. The number of aliphatic imine (C=N–C) groups is 1. The molecule has 0 bridgehead atoms. The summed E-state index contributed by atoms with van der Waals surface area (Å²) in [5.74, 6) is -9.11. The van der Waals surface area contributed by atoms with Crippen molar-refractivity contribution < 1.29 is 53.7 Å². The zero-order valence-corrected chi connectivity index (χ0v) is 36.4. The highest BCUT2D eigenvalue weighted by Crippen LogP contribution is 2.19. The number of rotatable bonds is 28. The molecule has 1 aromatic carbocycles. The van der Waals surface area contributed by atoms with Crippen LogP contribution in [0.1, 0.15) is 51.5 Å². The summed E-state index contributed by atoms with van der Waals surface area (Å²) in [6.45, 7) is 2.53. The molecule has 0 saturated carbocycles. The number of aromatic amines is 1. The number of hydrogen-bond donors (Lipinski definition) is 14. The normalized spacial score (nSPS) is 14.9. The highest BCUT2D eigenvalue weighted by molar-refractivity contribution is 7.98. The second-order valence-electron chi connectivity index (χ2n) is 14.4. The molecule has 0 spiro atoms. The third kappa shape index (κ3) is 17.1. The lowest BCUT2D eigenvalue weighted by Crippen LogP contribution is -2.61. The molecule has 2 rings (SSSR count). The molecule has 62 heavy (non-hydrogen) atoms. The minimum atomic E-state index is -1.77. The third-order valence-electron chi connectivity index (χ3n) is 9.70. The molecule has 2 aromatic rings. The van der Waals surface area contributed by atoms with Gasteiger partial charge in [-0.15, -0.1) is 0 Å². The molecule has 6 amide bonds. The van der Waals surface area contributed by atoms with Gasteiger partial charge in [-0.2, -0.15) is 24.4 Å². The second-order valence-corrected chi connectivity index (χ2v) is 15.7. The molecule has 24 heteroatoms. The Bertz CT molecular complexity index is 1900. The number of nitrogens with one attached hydrogen (secondary N) is 7. The SMILES string of the molecule is CC[C@H](C)[C@H](NC(=O)[C@H](CO)NC(=O)[C@H](Cc1c[nH]c2ccccc12)NC(=O)[C@@H](N)CCCN=C(N)N)C(=O)N[C@@H](CC(=O)O)C(=O)N[C@@H](CCSC)C(=O)N[C@@H](CS)C(=O)O. The van der Waals surface area contributed by atoms with E-state index in [0.29, 0.717) is 17.7 Å². The quantitative estimate of drug-likeness (QED) is 0.0179. The molecule has 0 aliphatic carbocycles. The number of para-hydroxylation sites is 1. The lowest BCUT2D eigenvalue weighted by atomic mass is 9.97. The number of nitrogens with zero attached hydrogens (tertiary/aromatic N) is 1. The monoisotopic (exact) mass is 909 g/mol. The first-order valence-electron chi connectivity index (χ1n) is 19.7. The Labute approximate surface area is 367 Å². The fourth-order valence-electron chi connectivity index (χ4n) is 5.96. The first-order valence-corrected chi connectivity index (χ1v) is 21.7. The van der Waals surface area contributed by atoms with Crippen LogP contribution in [-0.2, 0) is 44.8 Å². The summed E-state index contributed by atoms with van der Waals surface area (Å²) in [5, 5.41) is 44.6. The van der Waals surface area contributed by atoms with E-state index < -0.39 is 109 Å². The van der Waals surface area contributed by atoms with Crippen molar-refractivity contribution in [1.29, 1.82) is 0 Å². The molecule has 22 nitrogen and oxygen atoms in total. The molecule has 0 aliphatic heterocycles. The molecular formula is C38H59N11O11S2. The fourth-order valence-corrected chi connectivity index (χ4v) is 6.68. The van der Waals surface area contributed by atoms with Gasteiger partial charge in [-0.3, -0.25) is 38.6 Å². The van der Waals surface area contributed by atoms with Gasteiger partial charge in [-0.25, -0.2) is 4.79 Å². The van der Waals surface area contributed by atoms with E-state index in [0.717, 1.165) is 10.9 Å². The largest absolute Gasteiger partial charge is 0.481 e. The summed E-state index contributed by atoms with van der Waals surface area (Å²) in [5.41, 5.74) is 18.2. The number of aliphatic carboxylic acids is 2. The Hall–Kier alpha value is -5.59. The van der Waals surface area contributed by atoms with Crippen LogP contribution in [0.5, 0.6) is 0 Å². The van der Waals surface area contributed by atoms with Crippen LogP contribution < -0.4 is 49.1 Å². The maximum atomic E-state index is 13.9. The van der Waals surface area contributed by atoms with Crippen molar-refractivity contribution in [3.05, 3.63) is 36.0 Å². The van der Waals surface area contributed by atoms with Gasteiger partial charge in [-0.05, 0) is 48.8 Å². The van der Waals surface area contributed by atoms with E-state index in [9.17, 15) is 53.7 Å². The highest BCUT2D eigenvalue weighted by Gasteiger charge is 2.36. The molecule has 8 atom stereocenters. The molecule has 0 fully saturated rings. The number of aliphatic hydroxyl groups is 1.